The van der Waals surface area contributed by atoms with Crippen molar-refractivity contribution in [3.05, 3.63) is 0 Å². The molecule has 1 unspecified atom stereocenters. The van der Waals surface area contributed by atoms with Crippen LogP contribution in [0.25, 0.3) is 0 Å². The van der Waals surface area contributed by atoms with Gasteiger partial charge in [-0.25, -0.2) is 0 Å². The summed E-state index contributed by atoms with van der Waals surface area (Å²) in [4.78, 5) is 2.78. The van der Waals surface area contributed by atoms with Crippen LogP contribution in [0.2, 0.25) is 0 Å². The molecule has 0 aromatic carbocycles. The number of thioether (sulfide) groups is 1. The third-order valence-electron chi connectivity index (χ3n) is 4.28. The Morgan fingerprint density at radius 1 is 1.13 bits per heavy atom. The normalized spacial score (nSPS) is 42.8. The SMILES string of the molecule is C1CSCC(N2C[C@@H]3CCCN[C@@H]3C2)C1. The minimum absolute atomic E-state index is 0.825. The summed E-state index contributed by atoms with van der Waals surface area (Å²) in [5.41, 5.74) is 0. The molecule has 3 aliphatic heterocycles. The number of likely N-dealkylation sites (tertiary alicyclic amines) is 1. The summed E-state index contributed by atoms with van der Waals surface area (Å²) in [5.74, 6) is 3.75. The summed E-state index contributed by atoms with van der Waals surface area (Å²) in [7, 11) is 0. The molecule has 0 radical (unpaired) electrons. The molecule has 0 aromatic heterocycles. The fourth-order valence-electron chi connectivity index (χ4n) is 3.39. The van der Waals surface area contributed by atoms with E-state index >= 15 is 0 Å². The van der Waals surface area contributed by atoms with E-state index in [1.165, 1.54) is 56.8 Å². The van der Waals surface area contributed by atoms with Gasteiger partial charge in [0.05, 0.1) is 0 Å². The number of nitrogens with zero attached hydrogens (tertiary/aromatic N) is 1. The van der Waals surface area contributed by atoms with Gasteiger partial charge in [0.15, 0.2) is 0 Å². The van der Waals surface area contributed by atoms with Gasteiger partial charge in [-0.1, -0.05) is 0 Å². The molecule has 3 saturated heterocycles. The third kappa shape index (κ3) is 2.20. The smallest absolute Gasteiger partial charge is 0.0235 e. The topological polar surface area (TPSA) is 15.3 Å². The van der Waals surface area contributed by atoms with Gasteiger partial charge in [-0.3, -0.25) is 4.90 Å². The Hall–Kier alpha value is 0.270. The molecule has 0 amide bonds. The number of piperidine rings is 1. The van der Waals surface area contributed by atoms with E-state index < -0.39 is 0 Å². The average Bonchev–Trinajstić information content (AvgIpc) is 2.74. The highest BCUT2D eigenvalue weighted by molar-refractivity contribution is 7.99. The van der Waals surface area contributed by atoms with Gasteiger partial charge in [0.1, 0.15) is 0 Å². The van der Waals surface area contributed by atoms with Gasteiger partial charge in [-0.2, -0.15) is 11.8 Å². The van der Waals surface area contributed by atoms with Crippen LogP contribution in [0, 0.1) is 5.92 Å². The Morgan fingerprint density at radius 2 is 2.13 bits per heavy atom. The van der Waals surface area contributed by atoms with Gasteiger partial charge >= 0.3 is 0 Å². The number of hydrogen-bond acceptors (Lipinski definition) is 3. The van der Waals surface area contributed by atoms with Gasteiger partial charge in [0, 0.05) is 30.9 Å². The Labute approximate surface area is 97.2 Å². The van der Waals surface area contributed by atoms with Gasteiger partial charge < -0.3 is 5.32 Å². The van der Waals surface area contributed by atoms with Crippen LogP contribution in [0.5, 0.6) is 0 Å². The van der Waals surface area contributed by atoms with E-state index in [1.54, 1.807) is 0 Å². The summed E-state index contributed by atoms with van der Waals surface area (Å²) in [6, 6.07) is 1.72. The van der Waals surface area contributed by atoms with E-state index in [4.69, 9.17) is 0 Å². The van der Waals surface area contributed by atoms with Crippen LogP contribution in [0.1, 0.15) is 25.7 Å². The van der Waals surface area contributed by atoms with Crippen molar-refractivity contribution in [1.29, 1.82) is 0 Å². The third-order valence-corrected chi connectivity index (χ3v) is 5.48. The van der Waals surface area contributed by atoms with E-state index in [-0.39, 0.29) is 0 Å². The molecule has 0 aromatic rings. The summed E-state index contributed by atoms with van der Waals surface area (Å²) >= 11 is 2.16. The molecule has 0 aliphatic carbocycles. The maximum Gasteiger partial charge on any atom is 0.0235 e. The van der Waals surface area contributed by atoms with E-state index in [1.807, 2.05) is 0 Å². The van der Waals surface area contributed by atoms with E-state index in [0.717, 1.165) is 18.0 Å². The lowest BCUT2D eigenvalue weighted by molar-refractivity contribution is 0.236. The van der Waals surface area contributed by atoms with Crippen molar-refractivity contribution in [2.75, 3.05) is 31.1 Å². The highest BCUT2D eigenvalue weighted by Crippen LogP contribution is 2.30. The molecule has 3 fully saturated rings. The average molecular weight is 226 g/mol. The molecule has 86 valence electrons. The molecule has 15 heavy (non-hydrogen) atoms. The summed E-state index contributed by atoms with van der Waals surface area (Å²) in [6.45, 7) is 3.97. The van der Waals surface area contributed by atoms with Crippen LogP contribution in [-0.2, 0) is 0 Å². The number of fused-ring (bicyclic) bond motifs is 1. The number of rotatable bonds is 1. The lowest BCUT2D eigenvalue weighted by Crippen LogP contribution is -2.42. The van der Waals surface area contributed by atoms with E-state index in [0.29, 0.717) is 0 Å². The van der Waals surface area contributed by atoms with E-state index in [9.17, 15) is 0 Å². The van der Waals surface area contributed by atoms with Crippen LogP contribution >= 0.6 is 11.8 Å². The van der Waals surface area contributed by atoms with Crippen molar-refractivity contribution < 1.29 is 0 Å². The lowest BCUT2D eigenvalue weighted by Gasteiger charge is -2.30. The van der Waals surface area contributed by atoms with Gasteiger partial charge in [-0.15, -0.1) is 0 Å². The van der Waals surface area contributed by atoms with Crippen molar-refractivity contribution in [2.45, 2.75) is 37.8 Å². The van der Waals surface area contributed by atoms with Crippen LogP contribution in [0.4, 0.5) is 0 Å². The standard InChI is InChI=1S/C12H22N2S/c1-3-10-7-14(8-12(10)13-5-1)11-4-2-6-15-9-11/h10-13H,1-9H2/t10-,11?,12+/m0/s1. The highest BCUT2D eigenvalue weighted by Gasteiger charge is 2.37. The maximum atomic E-state index is 3.70. The first-order valence-electron chi connectivity index (χ1n) is 6.48. The number of nitrogens with one attached hydrogen (secondary N) is 1. The Bertz CT molecular complexity index is 202. The Balaban J connectivity index is 1.59. The fraction of sp³-hybridized carbons (Fsp3) is 1.00. The Kier molecular flexibility index (Phi) is 3.23. The van der Waals surface area contributed by atoms with Crippen molar-refractivity contribution >= 4 is 11.8 Å². The van der Waals surface area contributed by atoms with Crippen molar-refractivity contribution in [2.24, 2.45) is 5.92 Å². The molecule has 3 atom stereocenters. The molecule has 3 heterocycles. The molecule has 3 aliphatic rings. The zero-order valence-electron chi connectivity index (χ0n) is 9.45. The van der Waals surface area contributed by atoms with Crippen LogP contribution in [0.3, 0.4) is 0 Å². The summed E-state index contributed by atoms with van der Waals surface area (Å²) in [5, 5.41) is 3.70. The van der Waals surface area contributed by atoms with Crippen molar-refractivity contribution in [3.8, 4) is 0 Å². The summed E-state index contributed by atoms with van der Waals surface area (Å²) < 4.78 is 0. The van der Waals surface area contributed by atoms with E-state index in [2.05, 4.69) is 22.0 Å². The van der Waals surface area contributed by atoms with Crippen molar-refractivity contribution in [1.82, 2.24) is 10.2 Å². The van der Waals surface area contributed by atoms with Crippen LogP contribution < -0.4 is 5.32 Å². The first-order chi connectivity index (χ1) is 7.43. The molecule has 0 spiro atoms. The maximum absolute atomic E-state index is 3.70. The van der Waals surface area contributed by atoms with Gasteiger partial charge in [0.2, 0.25) is 0 Å². The minimum Gasteiger partial charge on any atom is -0.312 e. The van der Waals surface area contributed by atoms with Gasteiger partial charge in [-0.05, 0) is 43.9 Å². The molecule has 1 N–H and O–H groups in total. The highest BCUT2D eigenvalue weighted by atomic mass is 32.2. The first-order valence-corrected chi connectivity index (χ1v) is 7.64. The van der Waals surface area contributed by atoms with Gasteiger partial charge in [0.25, 0.3) is 0 Å². The monoisotopic (exact) mass is 226 g/mol. The molecular weight excluding hydrogens is 204 g/mol. The largest absolute Gasteiger partial charge is 0.312 e. The predicted octanol–water partition coefficient (Wildman–Crippen LogP) is 1.57. The quantitative estimate of drug-likeness (QED) is 0.730. The van der Waals surface area contributed by atoms with Crippen molar-refractivity contribution in [3.63, 3.8) is 0 Å². The molecule has 0 bridgehead atoms. The summed E-state index contributed by atoms with van der Waals surface area (Å²) in [6.07, 6.45) is 5.75. The molecular formula is C12H22N2S. The minimum atomic E-state index is 0.825. The molecule has 2 nitrogen and oxygen atoms in total. The fourth-order valence-corrected chi connectivity index (χ4v) is 4.58. The zero-order valence-corrected chi connectivity index (χ0v) is 10.3. The molecule has 0 saturated carbocycles. The Morgan fingerprint density at radius 3 is 2.93 bits per heavy atom. The lowest BCUT2D eigenvalue weighted by atomic mass is 9.94. The number of hydrogen-bond donors (Lipinski definition) is 1. The second-order valence-electron chi connectivity index (χ2n) is 5.29. The van der Waals surface area contributed by atoms with Crippen LogP contribution in [0.15, 0.2) is 0 Å². The second-order valence-corrected chi connectivity index (χ2v) is 6.44. The zero-order chi connectivity index (χ0) is 10.1. The molecule has 3 heteroatoms. The predicted molar refractivity (Wildman–Crippen MR) is 66.4 cm³/mol. The van der Waals surface area contributed by atoms with Crippen LogP contribution in [-0.4, -0.2) is 48.1 Å². The second kappa shape index (κ2) is 4.64. The molecule has 3 rings (SSSR count). The first kappa shape index (κ1) is 10.4.